The number of carbonyl (C=O) groups excluding carboxylic acids is 1. The van der Waals surface area contributed by atoms with E-state index in [1.54, 1.807) is 37.3 Å². The lowest BCUT2D eigenvalue weighted by molar-refractivity contribution is -0.170. The van der Waals surface area contributed by atoms with Crippen LogP contribution in [0.15, 0.2) is 65.6 Å². The highest BCUT2D eigenvalue weighted by Gasteiger charge is 2.51. The first-order valence-electron chi connectivity index (χ1n) is 7.88. The minimum atomic E-state index is -1.86. The maximum atomic E-state index is 12.8. The summed E-state index contributed by atoms with van der Waals surface area (Å²) in [5.74, 6) is -0.468. The Morgan fingerprint density at radius 1 is 1.12 bits per heavy atom. The van der Waals surface area contributed by atoms with Gasteiger partial charge in [0.2, 0.25) is 0 Å². The van der Waals surface area contributed by atoms with E-state index >= 15 is 0 Å². The van der Waals surface area contributed by atoms with Gasteiger partial charge in [0.05, 0.1) is 6.10 Å². The van der Waals surface area contributed by atoms with Gasteiger partial charge in [0.1, 0.15) is 11.5 Å². The Morgan fingerprint density at radius 3 is 2.33 bits per heavy atom. The molecule has 0 bridgehead atoms. The van der Waals surface area contributed by atoms with Crippen LogP contribution in [-0.2, 0) is 4.74 Å². The molecule has 2 aromatic rings. The zero-order valence-electron chi connectivity index (χ0n) is 13.3. The standard InChI is InChI=1S/C19H20O4S/c1-13-17(20)19(22,18(21)14-8-4-2-5-9-14)12-16(23-13)24-15-10-6-3-7-11-15/h2-11,13,16-17,20,22H,12H2,1H3/t13-,16+,17+,19-/m1/s1. The Labute approximate surface area is 145 Å². The zero-order chi connectivity index (χ0) is 17.2. The Balaban J connectivity index is 1.84. The largest absolute Gasteiger partial charge is 0.387 e. The number of aliphatic hydroxyl groups is 2. The fourth-order valence-corrected chi connectivity index (χ4v) is 4.10. The summed E-state index contributed by atoms with van der Waals surface area (Å²) in [6.45, 7) is 1.67. The Kier molecular flexibility index (Phi) is 5.06. The lowest BCUT2D eigenvalue weighted by atomic mass is 9.81. The molecule has 1 aliphatic rings. The van der Waals surface area contributed by atoms with Gasteiger partial charge in [0, 0.05) is 16.9 Å². The molecule has 24 heavy (non-hydrogen) atoms. The average Bonchev–Trinajstić information content (AvgIpc) is 2.60. The minimum Gasteiger partial charge on any atom is -0.387 e. The van der Waals surface area contributed by atoms with Crippen molar-refractivity contribution in [1.82, 2.24) is 0 Å². The highest BCUT2D eigenvalue weighted by Crippen LogP contribution is 2.39. The van der Waals surface area contributed by atoms with E-state index in [0.717, 1.165) is 4.90 Å². The molecule has 1 fully saturated rings. The van der Waals surface area contributed by atoms with Gasteiger partial charge in [-0.3, -0.25) is 4.79 Å². The molecule has 4 nitrogen and oxygen atoms in total. The van der Waals surface area contributed by atoms with Gasteiger partial charge in [0.25, 0.3) is 0 Å². The third-order valence-corrected chi connectivity index (χ3v) is 5.30. The molecule has 2 aromatic carbocycles. The predicted octanol–water partition coefficient (Wildman–Crippen LogP) is 2.89. The van der Waals surface area contributed by atoms with Gasteiger partial charge in [-0.05, 0) is 19.1 Å². The van der Waals surface area contributed by atoms with Crippen LogP contribution in [-0.4, -0.2) is 39.2 Å². The molecule has 0 aromatic heterocycles. The Bertz CT molecular complexity index is 691. The van der Waals surface area contributed by atoms with Crippen LogP contribution in [0.1, 0.15) is 23.7 Å². The summed E-state index contributed by atoms with van der Waals surface area (Å²) < 4.78 is 5.78. The number of Topliss-reactive ketones (excluding diaryl/α,β-unsaturated/α-hetero) is 1. The molecular weight excluding hydrogens is 324 g/mol. The lowest BCUT2D eigenvalue weighted by Crippen LogP contribution is -2.60. The molecule has 3 rings (SSSR count). The molecule has 1 aliphatic heterocycles. The molecule has 0 radical (unpaired) electrons. The van der Waals surface area contributed by atoms with Gasteiger partial charge >= 0.3 is 0 Å². The van der Waals surface area contributed by atoms with E-state index in [2.05, 4.69) is 0 Å². The van der Waals surface area contributed by atoms with E-state index in [1.165, 1.54) is 11.8 Å². The van der Waals surface area contributed by atoms with Gasteiger partial charge < -0.3 is 14.9 Å². The maximum absolute atomic E-state index is 12.8. The first-order valence-corrected chi connectivity index (χ1v) is 8.76. The number of benzene rings is 2. The molecule has 0 unspecified atom stereocenters. The molecular formula is C19H20O4S. The number of aliphatic hydroxyl groups excluding tert-OH is 1. The third-order valence-electron chi connectivity index (χ3n) is 4.22. The molecule has 0 aliphatic carbocycles. The molecule has 2 N–H and O–H groups in total. The first-order chi connectivity index (χ1) is 11.5. The minimum absolute atomic E-state index is 0.0335. The van der Waals surface area contributed by atoms with Crippen molar-refractivity contribution < 1.29 is 19.7 Å². The number of carbonyl (C=O) groups is 1. The second kappa shape index (κ2) is 7.07. The molecule has 1 heterocycles. The maximum Gasteiger partial charge on any atom is 0.197 e. The summed E-state index contributed by atoms with van der Waals surface area (Å²) in [5.41, 5.74) is -1.88. The van der Waals surface area contributed by atoms with Crippen molar-refractivity contribution in [2.75, 3.05) is 0 Å². The van der Waals surface area contributed by atoms with Crippen LogP contribution in [0.25, 0.3) is 0 Å². The molecule has 1 saturated heterocycles. The van der Waals surface area contributed by atoms with Crippen molar-refractivity contribution in [3.63, 3.8) is 0 Å². The first kappa shape index (κ1) is 17.2. The van der Waals surface area contributed by atoms with Crippen LogP contribution in [0.2, 0.25) is 0 Å². The summed E-state index contributed by atoms with van der Waals surface area (Å²) in [7, 11) is 0. The Morgan fingerprint density at radius 2 is 1.71 bits per heavy atom. The number of rotatable bonds is 4. The smallest absolute Gasteiger partial charge is 0.197 e. The van der Waals surface area contributed by atoms with Gasteiger partial charge in [0.15, 0.2) is 11.4 Å². The second-order valence-corrected chi connectivity index (χ2v) is 7.20. The monoisotopic (exact) mass is 344 g/mol. The lowest BCUT2D eigenvalue weighted by Gasteiger charge is -2.42. The van der Waals surface area contributed by atoms with Crippen LogP contribution in [0.3, 0.4) is 0 Å². The van der Waals surface area contributed by atoms with Crippen LogP contribution in [0.4, 0.5) is 0 Å². The van der Waals surface area contributed by atoms with Gasteiger partial charge in [-0.1, -0.05) is 60.3 Å². The molecule has 126 valence electrons. The van der Waals surface area contributed by atoms with Crippen LogP contribution >= 0.6 is 11.8 Å². The predicted molar refractivity (Wildman–Crippen MR) is 93.0 cm³/mol. The summed E-state index contributed by atoms with van der Waals surface area (Å²) in [6, 6.07) is 18.2. The van der Waals surface area contributed by atoms with Crippen molar-refractivity contribution in [2.45, 2.75) is 41.5 Å². The number of thioether (sulfide) groups is 1. The highest BCUT2D eigenvalue weighted by molar-refractivity contribution is 7.99. The highest BCUT2D eigenvalue weighted by atomic mass is 32.2. The second-order valence-electron chi connectivity index (χ2n) is 5.97. The van der Waals surface area contributed by atoms with Gasteiger partial charge in [-0.25, -0.2) is 0 Å². The molecule has 4 atom stereocenters. The summed E-state index contributed by atoms with van der Waals surface area (Å²) in [4.78, 5) is 13.8. The van der Waals surface area contributed by atoms with Crippen LogP contribution in [0.5, 0.6) is 0 Å². The fraction of sp³-hybridized carbons (Fsp3) is 0.316. The van der Waals surface area contributed by atoms with Gasteiger partial charge in [-0.2, -0.15) is 0 Å². The van der Waals surface area contributed by atoms with Crippen molar-refractivity contribution in [1.29, 1.82) is 0 Å². The Hall–Kier alpha value is -1.66. The van der Waals surface area contributed by atoms with E-state index in [4.69, 9.17) is 4.74 Å². The van der Waals surface area contributed by atoms with Crippen molar-refractivity contribution in [3.8, 4) is 0 Å². The van der Waals surface area contributed by atoms with Crippen molar-refractivity contribution in [3.05, 3.63) is 66.2 Å². The van der Waals surface area contributed by atoms with Crippen LogP contribution in [0, 0.1) is 0 Å². The molecule has 5 heteroatoms. The molecule has 0 spiro atoms. The van der Waals surface area contributed by atoms with E-state index in [0.29, 0.717) is 5.56 Å². The topological polar surface area (TPSA) is 66.8 Å². The van der Waals surface area contributed by atoms with E-state index in [1.807, 2.05) is 30.3 Å². The van der Waals surface area contributed by atoms with Crippen molar-refractivity contribution >= 4 is 17.5 Å². The van der Waals surface area contributed by atoms with Crippen LogP contribution < -0.4 is 0 Å². The SMILES string of the molecule is C[C@H]1O[C@@H](Sc2ccccc2)C[C@](O)(C(=O)c2ccccc2)[C@H]1O. The summed E-state index contributed by atoms with van der Waals surface area (Å²) in [6.07, 6.45) is -1.87. The number of ether oxygens (including phenoxy) is 1. The van der Waals surface area contributed by atoms with Gasteiger partial charge in [-0.15, -0.1) is 0 Å². The molecule has 0 saturated carbocycles. The van der Waals surface area contributed by atoms with Crippen molar-refractivity contribution in [2.24, 2.45) is 0 Å². The number of hydrogen-bond donors (Lipinski definition) is 2. The van der Waals surface area contributed by atoms with E-state index < -0.39 is 29.0 Å². The average molecular weight is 344 g/mol. The summed E-state index contributed by atoms with van der Waals surface area (Å²) >= 11 is 1.44. The quantitative estimate of drug-likeness (QED) is 0.835. The molecule has 0 amide bonds. The normalized spacial score (nSPS) is 30.0. The number of ketones is 1. The fourth-order valence-electron chi connectivity index (χ4n) is 2.91. The van der Waals surface area contributed by atoms with E-state index in [9.17, 15) is 15.0 Å². The zero-order valence-corrected chi connectivity index (χ0v) is 14.1. The summed E-state index contributed by atoms with van der Waals surface area (Å²) in [5, 5.41) is 21.4. The number of hydrogen-bond acceptors (Lipinski definition) is 5. The third kappa shape index (κ3) is 3.39. The van der Waals surface area contributed by atoms with E-state index in [-0.39, 0.29) is 6.42 Å².